The highest BCUT2D eigenvalue weighted by Crippen LogP contribution is 2.21. The molecule has 0 saturated carbocycles. The number of hydrogen-bond donors (Lipinski definition) is 1. The molecule has 1 N–H and O–H groups in total. The summed E-state index contributed by atoms with van der Waals surface area (Å²) in [5.74, 6) is 0. The van der Waals surface area contributed by atoms with Crippen LogP contribution < -0.4 is 10.2 Å². The third-order valence-corrected chi connectivity index (χ3v) is 4.05. The highest BCUT2D eigenvalue weighted by atomic mass is 15.1. The molecule has 0 aromatic heterocycles. The van der Waals surface area contributed by atoms with Gasteiger partial charge in [-0.2, -0.15) is 0 Å². The Labute approximate surface area is 131 Å². The summed E-state index contributed by atoms with van der Waals surface area (Å²) in [6.07, 6.45) is 5.07. The molecule has 1 aromatic rings. The number of nitrogens with zero attached hydrogens (tertiary/aromatic N) is 1. The zero-order chi connectivity index (χ0) is 15.7. The molecule has 1 atom stereocenters. The predicted molar refractivity (Wildman–Crippen MR) is 95.2 cm³/mol. The Morgan fingerprint density at radius 3 is 2.14 bits per heavy atom. The van der Waals surface area contributed by atoms with Crippen molar-refractivity contribution in [3.8, 4) is 0 Å². The molecule has 120 valence electrons. The standard InChI is InChI=1S/C19H34N2/c1-6-8-9-15-21(16(3)4)19-12-10-18(11-13-19)17(5)20-14-7-2/h10-13,16-17,20H,6-9,14-15H2,1-5H3. The van der Waals surface area contributed by atoms with E-state index in [2.05, 4.69) is 69.1 Å². The van der Waals surface area contributed by atoms with Crippen molar-refractivity contribution in [2.45, 2.75) is 72.4 Å². The van der Waals surface area contributed by atoms with Gasteiger partial charge in [0.2, 0.25) is 0 Å². The number of unbranched alkanes of at least 4 members (excludes halogenated alkanes) is 2. The summed E-state index contributed by atoms with van der Waals surface area (Å²) in [6, 6.07) is 10.1. The average Bonchev–Trinajstić information content (AvgIpc) is 2.49. The molecule has 0 heterocycles. The van der Waals surface area contributed by atoms with E-state index in [1.54, 1.807) is 0 Å². The Morgan fingerprint density at radius 2 is 1.62 bits per heavy atom. The molecule has 0 amide bonds. The second-order valence-electron chi connectivity index (χ2n) is 6.26. The van der Waals surface area contributed by atoms with Crippen molar-refractivity contribution in [3.63, 3.8) is 0 Å². The van der Waals surface area contributed by atoms with E-state index in [4.69, 9.17) is 0 Å². The van der Waals surface area contributed by atoms with Crippen LogP contribution in [0.25, 0.3) is 0 Å². The molecule has 0 spiro atoms. The first-order valence-corrected chi connectivity index (χ1v) is 8.70. The highest BCUT2D eigenvalue weighted by Gasteiger charge is 2.11. The van der Waals surface area contributed by atoms with Crippen LogP contribution in [0.4, 0.5) is 5.69 Å². The van der Waals surface area contributed by atoms with Crippen LogP contribution in [0.5, 0.6) is 0 Å². The molecule has 1 rings (SSSR count). The Bertz CT molecular complexity index is 370. The number of anilines is 1. The maximum Gasteiger partial charge on any atom is 0.0368 e. The predicted octanol–water partition coefficient (Wildman–Crippen LogP) is 5.15. The summed E-state index contributed by atoms with van der Waals surface area (Å²) >= 11 is 0. The monoisotopic (exact) mass is 290 g/mol. The number of nitrogens with one attached hydrogen (secondary N) is 1. The van der Waals surface area contributed by atoms with Crippen molar-refractivity contribution in [2.24, 2.45) is 0 Å². The van der Waals surface area contributed by atoms with Gasteiger partial charge >= 0.3 is 0 Å². The fourth-order valence-corrected chi connectivity index (χ4v) is 2.65. The van der Waals surface area contributed by atoms with Gasteiger partial charge in [0.1, 0.15) is 0 Å². The quantitative estimate of drug-likeness (QED) is 0.599. The van der Waals surface area contributed by atoms with Gasteiger partial charge in [-0.25, -0.2) is 0 Å². The molecule has 0 fully saturated rings. The Morgan fingerprint density at radius 1 is 0.952 bits per heavy atom. The van der Waals surface area contributed by atoms with Crippen LogP contribution in [0.15, 0.2) is 24.3 Å². The van der Waals surface area contributed by atoms with Crippen molar-refractivity contribution in [2.75, 3.05) is 18.0 Å². The average molecular weight is 290 g/mol. The van der Waals surface area contributed by atoms with Gasteiger partial charge in [-0.1, -0.05) is 38.8 Å². The van der Waals surface area contributed by atoms with Gasteiger partial charge in [0, 0.05) is 24.3 Å². The van der Waals surface area contributed by atoms with E-state index in [1.165, 1.54) is 36.9 Å². The van der Waals surface area contributed by atoms with E-state index in [-0.39, 0.29) is 0 Å². The molecule has 0 saturated heterocycles. The molecule has 1 aromatic carbocycles. The molecule has 0 aliphatic heterocycles. The van der Waals surface area contributed by atoms with Crippen LogP contribution in [0.3, 0.4) is 0 Å². The Kier molecular flexibility index (Phi) is 8.44. The summed E-state index contributed by atoms with van der Waals surface area (Å²) in [4.78, 5) is 2.52. The first-order valence-electron chi connectivity index (χ1n) is 8.70. The lowest BCUT2D eigenvalue weighted by Crippen LogP contribution is -2.31. The molecular weight excluding hydrogens is 256 g/mol. The minimum absolute atomic E-state index is 0.437. The largest absolute Gasteiger partial charge is 0.369 e. The minimum atomic E-state index is 0.437. The fourth-order valence-electron chi connectivity index (χ4n) is 2.65. The van der Waals surface area contributed by atoms with E-state index < -0.39 is 0 Å². The SMILES string of the molecule is CCCCCN(c1ccc(C(C)NCCC)cc1)C(C)C. The molecule has 0 aliphatic rings. The lowest BCUT2D eigenvalue weighted by Gasteiger charge is -2.29. The van der Waals surface area contributed by atoms with Gasteiger partial charge in [0.05, 0.1) is 0 Å². The van der Waals surface area contributed by atoms with Crippen molar-refractivity contribution >= 4 is 5.69 Å². The maximum atomic E-state index is 3.55. The maximum absolute atomic E-state index is 3.55. The molecule has 21 heavy (non-hydrogen) atoms. The van der Waals surface area contributed by atoms with Crippen LogP contribution in [0, 0.1) is 0 Å². The summed E-state index contributed by atoms with van der Waals surface area (Å²) in [6.45, 7) is 13.5. The van der Waals surface area contributed by atoms with Crippen LogP contribution in [-0.4, -0.2) is 19.1 Å². The fraction of sp³-hybridized carbons (Fsp3) is 0.684. The molecule has 1 unspecified atom stereocenters. The van der Waals surface area contributed by atoms with Gasteiger partial charge in [0.15, 0.2) is 0 Å². The van der Waals surface area contributed by atoms with Crippen LogP contribution in [0.2, 0.25) is 0 Å². The van der Waals surface area contributed by atoms with Crippen LogP contribution in [0.1, 0.15) is 71.9 Å². The first-order chi connectivity index (χ1) is 10.1. The van der Waals surface area contributed by atoms with Crippen molar-refractivity contribution < 1.29 is 0 Å². The molecule has 2 nitrogen and oxygen atoms in total. The van der Waals surface area contributed by atoms with Gasteiger partial charge in [0.25, 0.3) is 0 Å². The molecule has 2 heteroatoms. The lowest BCUT2D eigenvalue weighted by atomic mass is 10.1. The highest BCUT2D eigenvalue weighted by molar-refractivity contribution is 5.48. The number of benzene rings is 1. The van der Waals surface area contributed by atoms with Gasteiger partial charge in [-0.05, 0) is 57.9 Å². The number of hydrogen-bond acceptors (Lipinski definition) is 2. The summed E-state index contributed by atoms with van der Waals surface area (Å²) in [5.41, 5.74) is 2.73. The van der Waals surface area contributed by atoms with E-state index in [9.17, 15) is 0 Å². The molecule has 0 radical (unpaired) electrons. The summed E-state index contributed by atoms with van der Waals surface area (Å²) in [7, 11) is 0. The van der Waals surface area contributed by atoms with Gasteiger partial charge in [-0.15, -0.1) is 0 Å². The van der Waals surface area contributed by atoms with E-state index in [0.29, 0.717) is 12.1 Å². The second-order valence-corrected chi connectivity index (χ2v) is 6.26. The van der Waals surface area contributed by atoms with Crippen molar-refractivity contribution in [1.82, 2.24) is 5.32 Å². The van der Waals surface area contributed by atoms with E-state index in [0.717, 1.165) is 13.1 Å². The van der Waals surface area contributed by atoms with Crippen molar-refractivity contribution in [1.29, 1.82) is 0 Å². The first kappa shape index (κ1) is 18.0. The topological polar surface area (TPSA) is 15.3 Å². The smallest absolute Gasteiger partial charge is 0.0368 e. The zero-order valence-corrected chi connectivity index (χ0v) is 14.7. The van der Waals surface area contributed by atoms with Gasteiger partial charge in [-0.3, -0.25) is 0 Å². The normalized spacial score (nSPS) is 12.7. The third-order valence-electron chi connectivity index (χ3n) is 4.05. The Balaban J connectivity index is 2.68. The van der Waals surface area contributed by atoms with E-state index in [1.807, 2.05) is 0 Å². The second kappa shape index (κ2) is 9.83. The number of rotatable bonds is 10. The minimum Gasteiger partial charge on any atom is -0.369 e. The lowest BCUT2D eigenvalue weighted by molar-refractivity contribution is 0.570. The summed E-state index contributed by atoms with van der Waals surface area (Å²) < 4.78 is 0. The molecule has 0 bridgehead atoms. The van der Waals surface area contributed by atoms with E-state index >= 15 is 0 Å². The van der Waals surface area contributed by atoms with Gasteiger partial charge < -0.3 is 10.2 Å². The van der Waals surface area contributed by atoms with Crippen molar-refractivity contribution in [3.05, 3.63) is 29.8 Å². The van der Waals surface area contributed by atoms with Crippen LogP contribution >= 0.6 is 0 Å². The molecule has 0 aliphatic carbocycles. The Hall–Kier alpha value is -1.02. The van der Waals surface area contributed by atoms with Crippen LogP contribution in [-0.2, 0) is 0 Å². The third kappa shape index (κ3) is 6.09. The summed E-state index contributed by atoms with van der Waals surface area (Å²) in [5, 5.41) is 3.55. The molecular formula is C19H34N2. The zero-order valence-electron chi connectivity index (χ0n) is 14.7.